The van der Waals surface area contributed by atoms with Gasteiger partial charge in [-0.3, -0.25) is 33.6 Å². The standard InChI is InChI=1S/C50H59ClN8O9/c1-5-24-59(40-21-23-53-47(40)65)49(67)29(3)55-46(64)39-26-30-9-19-41(60)36(25-30)37-27-34(16-20-42(37)61)43(48(66)54-28(2)44(62)57-39)58(4)50(68)38(8-6-7-22-52)56-45(63)33-12-10-31(11-13-33)32-14-17-35(51)18-15-32/h9-20,25,27-29,38-40,43,60-61H,5-8,21-24,26,52H2,1-4H3,(H,53,65)(H,54,66)(H,55,64)(H,56,63)(H,57,62)/t28-,29-,38-,39-,40?,43-/m0/s1. The third kappa shape index (κ3) is 11.9. The van der Waals surface area contributed by atoms with Crippen LogP contribution >= 0.6 is 11.6 Å². The summed E-state index contributed by atoms with van der Waals surface area (Å²) in [5.74, 6) is -4.78. The normalized spacial score (nSPS) is 19.0. The first-order chi connectivity index (χ1) is 32.5. The van der Waals surface area contributed by atoms with E-state index in [1.807, 2.05) is 19.1 Å². The van der Waals surface area contributed by atoms with E-state index in [2.05, 4.69) is 26.6 Å². The van der Waals surface area contributed by atoms with Gasteiger partial charge in [-0.2, -0.15) is 0 Å². The third-order valence-electron chi connectivity index (χ3n) is 12.2. The molecule has 9 N–H and O–H groups in total. The number of nitrogens with two attached hydrogens (primary N) is 1. The van der Waals surface area contributed by atoms with Crippen LogP contribution in [0.15, 0.2) is 84.9 Å². The largest absolute Gasteiger partial charge is 0.507 e. The summed E-state index contributed by atoms with van der Waals surface area (Å²) in [6.45, 7) is 5.80. The lowest BCUT2D eigenvalue weighted by Gasteiger charge is -2.33. The summed E-state index contributed by atoms with van der Waals surface area (Å²) in [5.41, 5.74) is 8.68. The number of unbranched alkanes of at least 4 members (excludes halogenated alkanes) is 1. The Balaban J connectivity index is 1.29. The van der Waals surface area contributed by atoms with Crippen molar-refractivity contribution in [3.05, 3.63) is 107 Å². The number of fused-ring (bicyclic) bond motifs is 5. The number of likely N-dealkylation sites (N-methyl/N-ethyl adjacent to an activating group) is 1. The highest BCUT2D eigenvalue weighted by molar-refractivity contribution is 6.30. The molecule has 4 bridgehead atoms. The molecule has 1 fully saturated rings. The molecule has 1 saturated heterocycles. The van der Waals surface area contributed by atoms with Gasteiger partial charge in [0.15, 0.2) is 0 Å². The van der Waals surface area contributed by atoms with Crippen LogP contribution in [0.1, 0.15) is 80.4 Å². The maximum absolute atomic E-state index is 14.6. The number of rotatable bonds is 15. The number of phenolic OH excluding ortho intramolecular Hbond substituents is 2. The molecule has 17 nitrogen and oxygen atoms in total. The van der Waals surface area contributed by atoms with Crippen molar-refractivity contribution >= 4 is 53.0 Å². The van der Waals surface area contributed by atoms with E-state index in [0.29, 0.717) is 49.4 Å². The first kappa shape index (κ1) is 50.4. The van der Waals surface area contributed by atoms with Crippen molar-refractivity contribution in [3.8, 4) is 33.8 Å². The van der Waals surface area contributed by atoms with Crippen LogP contribution in [0.2, 0.25) is 5.02 Å². The molecule has 0 aromatic heterocycles. The maximum atomic E-state index is 14.6. The lowest BCUT2D eigenvalue weighted by Crippen LogP contribution is -2.58. The van der Waals surface area contributed by atoms with E-state index < -0.39 is 71.7 Å². The highest BCUT2D eigenvalue weighted by Crippen LogP contribution is 2.39. The Morgan fingerprint density at radius 3 is 2.10 bits per heavy atom. The van der Waals surface area contributed by atoms with Crippen molar-refractivity contribution in [1.82, 2.24) is 36.4 Å². The van der Waals surface area contributed by atoms with Crippen LogP contribution < -0.4 is 32.3 Å². The van der Waals surface area contributed by atoms with E-state index >= 15 is 0 Å². The zero-order chi connectivity index (χ0) is 49.2. The Kier molecular flexibility index (Phi) is 16.8. The van der Waals surface area contributed by atoms with Gasteiger partial charge < -0.3 is 52.3 Å². The molecule has 0 saturated carbocycles. The molecule has 2 heterocycles. The molecule has 7 amide bonds. The molecule has 18 heteroatoms. The zero-order valence-corrected chi connectivity index (χ0v) is 39.3. The molecule has 1 unspecified atom stereocenters. The summed E-state index contributed by atoms with van der Waals surface area (Å²) < 4.78 is 0. The van der Waals surface area contributed by atoms with Gasteiger partial charge in [0, 0.05) is 48.3 Å². The summed E-state index contributed by atoms with van der Waals surface area (Å²) in [4.78, 5) is 99.9. The van der Waals surface area contributed by atoms with E-state index in [0.717, 1.165) is 16.0 Å². The van der Waals surface area contributed by atoms with Gasteiger partial charge in [0.05, 0.1) is 0 Å². The van der Waals surface area contributed by atoms with Gasteiger partial charge in [0.1, 0.15) is 47.8 Å². The van der Waals surface area contributed by atoms with Crippen molar-refractivity contribution in [2.24, 2.45) is 5.73 Å². The smallest absolute Gasteiger partial charge is 0.251 e. The second kappa shape index (κ2) is 22.7. The number of phenols is 2. The number of aromatic hydroxyl groups is 2. The summed E-state index contributed by atoms with van der Waals surface area (Å²) in [6.07, 6.45) is 2.03. The van der Waals surface area contributed by atoms with Gasteiger partial charge in [-0.25, -0.2) is 0 Å². The van der Waals surface area contributed by atoms with Gasteiger partial charge in [-0.05, 0) is 123 Å². The molecule has 4 aromatic rings. The van der Waals surface area contributed by atoms with Crippen molar-refractivity contribution in [3.63, 3.8) is 0 Å². The van der Waals surface area contributed by atoms with Crippen LogP contribution in [0, 0.1) is 0 Å². The highest BCUT2D eigenvalue weighted by atomic mass is 35.5. The summed E-state index contributed by atoms with van der Waals surface area (Å²) in [7, 11) is 1.39. The van der Waals surface area contributed by atoms with Crippen LogP contribution in [0.4, 0.5) is 0 Å². The number of carbonyl (C=O) groups excluding carboxylic acids is 7. The molecule has 4 aromatic carbocycles. The SMILES string of the molecule is CCCN(C(=O)[C@H](C)NC(=O)[C@@H]1Cc2ccc(O)c(c2)-c2cc(ccc2O)[C@H](N(C)C(=O)[C@H](CCCCN)NC(=O)c2ccc(-c3ccc(Cl)cc3)cc2)C(=O)N[C@@H](C)C(=O)N1)C1CCNC1=O. The van der Waals surface area contributed by atoms with E-state index in [1.54, 1.807) is 42.5 Å². The zero-order valence-electron chi connectivity index (χ0n) is 38.5. The Bertz CT molecular complexity index is 2520. The average Bonchev–Trinajstić information content (AvgIpc) is 3.75. The monoisotopic (exact) mass is 950 g/mol. The molecule has 0 spiro atoms. The molecule has 2 aliphatic heterocycles. The second-order valence-corrected chi connectivity index (χ2v) is 17.7. The maximum Gasteiger partial charge on any atom is 0.251 e. The number of hydrogen-bond donors (Lipinski definition) is 8. The number of nitrogens with zero attached hydrogens (tertiary/aromatic N) is 2. The average molecular weight is 952 g/mol. The Morgan fingerprint density at radius 2 is 1.47 bits per heavy atom. The van der Waals surface area contributed by atoms with Crippen LogP contribution in [-0.4, -0.2) is 118 Å². The molecular formula is C50H59ClN8O9. The Morgan fingerprint density at radius 1 is 0.824 bits per heavy atom. The summed E-state index contributed by atoms with van der Waals surface area (Å²) >= 11 is 6.06. The quantitative estimate of drug-likeness (QED) is 0.0803. The molecular weight excluding hydrogens is 892 g/mol. The van der Waals surface area contributed by atoms with Crippen molar-refractivity contribution in [2.75, 3.05) is 26.7 Å². The van der Waals surface area contributed by atoms with Gasteiger partial charge in [-0.1, -0.05) is 54.9 Å². The fraction of sp³-hybridized carbons (Fsp3) is 0.380. The number of carbonyl (C=O) groups is 7. The van der Waals surface area contributed by atoms with Gasteiger partial charge in [-0.15, -0.1) is 0 Å². The highest BCUT2D eigenvalue weighted by Gasteiger charge is 2.38. The van der Waals surface area contributed by atoms with Gasteiger partial charge >= 0.3 is 0 Å². The van der Waals surface area contributed by atoms with Crippen molar-refractivity contribution in [1.29, 1.82) is 0 Å². The first-order valence-electron chi connectivity index (χ1n) is 22.8. The predicted octanol–water partition coefficient (Wildman–Crippen LogP) is 3.69. The number of benzene rings is 4. The van der Waals surface area contributed by atoms with E-state index in [-0.39, 0.29) is 59.0 Å². The van der Waals surface area contributed by atoms with Crippen molar-refractivity contribution in [2.45, 2.75) is 95.5 Å². The lowest BCUT2D eigenvalue weighted by molar-refractivity contribution is -0.142. The van der Waals surface area contributed by atoms with Crippen LogP contribution in [0.3, 0.4) is 0 Å². The first-order valence-corrected chi connectivity index (χ1v) is 23.2. The fourth-order valence-electron chi connectivity index (χ4n) is 8.50. The summed E-state index contributed by atoms with van der Waals surface area (Å²) in [5, 5.41) is 36.7. The van der Waals surface area contributed by atoms with Crippen LogP contribution in [-0.2, 0) is 35.2 Å². The Labute approximate surface area is 400 Å². The molecule has 6 rings (SSSR count). The molecule has 68 heavy (non-hydrogen) atoms. The lowest BCUT2D eigenvalue weighted by atomic mass is 9.93. The molecule has 360 valence electrons. The second-order valence-electron chi connectivity index (χ2n) is 17.2. The number of nitrogens with one attached hydrogen (secondary N) is 5. The molecule has 6 atom stereocenters. The van der Waals surface area contributed by atoms with Gasteiger partial charge in [0.25, 0.3) is 5.91 Å². The van der Waals surface area contributed by atoms with Crippen LogP contribution in [0.25, 0.3) is 22.3 Å². The molecule has 0 radical (unpaired) electrons. The van der Waals surface area contributed by atoms with E-state index in [9.17, 15) is 43.8 Å². The number of halogens is 1. The minimum Gasteiger partial charge on any atom is -0.507 e. The number of amides is 7. The Hall–Kier alpha value is -6.98. The van der Waals surface area contributed by atoms with E-state index in [1.165, 1.54) is 56.1 Å². The van der Waals surface area contributed by atoms with Gasteiger partial charge in [0.2, 0.25) is 35.4 Å². The predicted molar refractivity (Wildman–Crippen MR) is 256 cm³/mol. The van der Waals surface area contributed by atoms with Crippen LogP contribution in [0.5, 0.6) is 11.5 Å². The fourth-order valence-corrected chi connectivity index (χ4v) is 8.63. The van der Waals surface area contributed by atoms with E-state index in [4.69, 9.17) is 17.3 Å². The summed E-state index contributed by atoms with van der Waals surface area (Å²) in [6, 6.07) is 15.7. The third-order valence-corrected chi connectivity index (χ3v) is 12.5. The molecule has 0 aliphatic carbocycles. The topological polar surface area (TPSA) is 253 Å². The van der Waals surface area contributed by atoms with Crippen molar-refractivity contribution < 1.29 is 43.8 Å². The minimum absolute atomic E-state index is 0.0941. The number of hydrogen-bond acceptors (Lipinski definition) is 10. The minimum atomic E-state index is -1.46. The molecule has 2 aliphatic rings.